The fraction of sp³-hybridized carbons (Fsp3) is 0.323. The van der Waals surface area contributed by atoms with Crippen molar-refractivity contribution in [2.24, 2.45) is 0 Å². The summed E-state index contributed by atoms with van der Waals surface area (Å²) in [5, 5.41) is 10.5. The van der Waals surface area contributed by atoms with E-state index in [-0.39, 0.29) is 31.0 Å². The number of aromatic nitrogens is 5. The van der Waals surface area contributed by atoms with E-state index < -0.39 is 36.1 Å². The highest BCUT2D eigenvalue weighted by Gasteiger charge is 2.29. The van der Waals surface area contributed by atoms with Crippen LogP contribution in [-0.2, 0) is 29.7 Å². The molecule has 0 atom stereocenters. The van der Waals surface area contributed by atoms with Crippen molar-refractivity contribution < 1.29 is 27.2 Å². The number of halogens is 3. The highest BCUT2D eigenvalue weighted by Crippen LogP contribution is 2.28. The molecular formula is C31H31F3N6O3. The van der Waals surface area contributed by atoms with Gasteiger partial charge >= 0.3 is 0 Å². The summed E-state index contributed by atoms with van der Waals surface area (Å²) in [5.74, 6) is -3.97. The SMILES string of the molecule is CC(C)(C)c1nc(C(=O)NCc2ccc(-c3ncnn4cc(CCC(F)(F)COCc5ccccc5)cc34)cc2F)no1. The minimum absolute atomic E-state index is 0.0924. The number of nitrogens with one attached hydrogen (secondary N) is 1. The van der Waals surface area contributed by atoms with Crippen molar-refractivity contribution in [3.8, 4) is 11.3 Å². The molecule has 0 unspecified atom stereocenters. The van der Waals surface area contributed by atoms with Crippen LogP contribution < -0.4 is 5.32 Å². The number of rotatable bonds is 11. The van der Waals surface area contributed by atoms with E-state index in [9.17, 15) is 13.6 Å². The van der Waals surface area contributed by atoms with Crippen LogP contribution in [0.25, 0.3) is 16.8 Å². The third-order valence-electron chi connectivity index (χ3n) is 6.70. The number of hydrogen-bond donors (Lipinski definition) is 1. The van der Waals surface area contributed by atoms with Crippen LogP contribution in [0.5, 0.6) is 0 Å². The number of carbonyl (C=O) groups excluding carboxylic acids is 1. The number of carbonyl (C=O) groups is 1. The predicted molar refractivity (Wildman–Crippen MR) is 152 cm³/mol. The zero-order chi connectivity index (χ0) is 30.6. The van der Waals surface area contributed by atoms with Gasteiger partial charge in [-0.25, -0.2) is 22.7 Å². The molecule has 43 heavy (non-hydrogen) atoms. The lowest BCUT2D eigenvalue weighted by Gasteiger charge is -2.16. The number of aryl methyl sites for hydroxylation is 1. The van der Waals surface area contributed by atoms with Crippen LogP contribution >= 0.6 is 0 Å². The standard InChI is InChI=1S/C31H31F3N6O3/c1-30(2,3)29-38-27(39-43-29)28(41)35-15-23-10-9-22(14-24(23)32)26-25-13-21(16-40(25)37-19-36-26)11-12-31(33,34)18-42-17-20-7-5-4-6-8-20/h4-10,13-14,16,19H,11-12,15,17-18H2,1-3H3,(H,35,41). The molecule has 1 amide bonds. The number of ether oxygens (including phenoxy) is 1. The van der Waals surface area contributed by atoms with Gasteiger partial charge in [0.2, 0.25) is 5.89 Å². The highest BCUT2D eigenvalue weighted by molar-refractivity contribution is 5.90. The number of benzene rings is 2. The summed E-state index contributed by atoms with van der Waals surface area (Å²) in [6, 6.07) is 15.4. The smallest absolute Gasteiger partial charge is 0.292 e. The minimum Gasteiger partial charge on any atom is -0.371 e. The molecule has 1 N–H and O–H groups in total. The van der Waals surface area contributed by atoms with E-state index >= 15 is 4.39 Å². The van der Waals surface area contributed by atoms with Gasteiger partial charge in [0, 0.05) is 35.7 Å². The molecule has 0 bridgehead atoms. The Labute approximate surface area is 246 Å². The molecule has 0 aliphatic heterocycles. The molecule has 0 aliphatic rings. The number of alkyl halides is 2. The molecule has 224 valence electrons. The van der Waals surface area contributed by atoms with Gasteiger partial charge in [-0.05, 0) is 29.7 Å². The topological polar surface area (TPSA) is 107 Å². The maximum Gasteiger partial charge on any atom is 0.292 e. The molecule has 0 spiro atoms. The molecule has 3 aromatic heterocycles. The van der Waals surface area contributed by atoms with Crippen LogP contribution in [0.15, 0.2) is 71.6 Å². The van der Waals surface area contributed by atoms with Crippen LogP contribution in [0.1, 0.15) is 60.4 Å². The van der Waals surface area contributed by atoms with Gasteiger partial charge in [-0.1, -0.05) is 68.4 Å². The number of hydrogen-bond acceptors (Lipinski definition) is 7. The second-order valence-corrected chi connectivity index (χ2v) is 11.3. The summed E-state index contributed by atoms with van der Waals surface area (Å²) in [6.07, 6.45) is 2.67. The summed E-state index contributed by atoms with van der Waals surface area (Å²) < 4.78 is 56.0. The van der Waals surface area contributed by atoms with Crippen LogP contribution in [0.2, 0.25) is 0 Å². The lowest BCUT2D eigenvalue weighted by molar-refractivity contribution is -0.0862. The Morgan fingerprint density at radius 2 is 1.86 bits per heavy atom. The van der Waals surface area contributed by atoms with Crippen molar-refractivity contribution >= 4 is 11.4 Å². The molecule has 0 saturated carbocycles. The summed E-state index contributed by atoms with van der Waals surface area (Å²) in [6.45, 7) is 4.97. The number of fused-ring (bicyclic) bond motifs is 1. The van der Waals surface area contributed by atoms with Crippen molar-refractivity contribution in [3.05, 3.63) is 101 Å². The number of amides is 1. The van der Waals surface area contributed by atoms with E-state index in [1.54, 1.807) is 24.4 Å². The average Bonchev–Trinajstić information content (AvgIpc) is 3.64. The fourth-order valence-corrected chi connectivity index (χ4v) is 4.35. The zero-order valence-corrected chi connectivity index (χ0v) is 24.0. The van der Waals surface area contributed by atoms with Gasteiger partial charge in [0.05, 0.1) is 17.8 Å². The van der Waals surface area contributed by atoms with Crippen molar-refractivity contribution in [3.63, 3.8) is 0 Å². The Hall–Kier alpha value is -4.58. The predicted octanol–water partition coefficient (Wildman–Crippen LogP) is 5.93. The molecule has 0 saturated heterocycles. The van der Waals surface area contributed by atoms with Gasteiger partial charge in [0.15, 0.2) is 0 Å². The molecule has 0 radical (unpaired) electrons. The van der Waals surface area contributed by atoms with Gasteiger partial charge in [0.25, 0.3) is 17.7 Å². The summed E-state index contributed by atoms with van der Waals surface area (Å²) >= 11 is 0. The first-order valence-corrected chi connectivity index (χ1v) is 13.7. The van der Waals surface area contributed by atoms with Crippen molar-refractivity contribution in [2.75, 3.05) is 6.61 Å². The van der Waals surface area contributed by atoms with Crippen LogP contribution in [0.3, 0.4) is 0 Å². The summed E-state index contributed by atoms with van der Waals surface area (Å²) in [5.41, 5.74) is 2.76. The summed E-state index contributed by atoms with van der Waals surface area (Å²) in [4.78, 5) is 20.9. The van der Waals surface area contributed by atoms with Crippen LogP contribution in [0, 0.1) is 5.82 Å². The molecule has 5 rings (SSSR count). The molecule has 2 aromatic carbocycles. The third-order valence-corrected chi connectivity index (χ3v) is 6.70. The lowest BCUT2D eigenvalue weighted by Crippen LogP contribution is -2.24. The van der Waals surface area contributed by atoms with E-state index in [2.05, 4.69) is 25.5 Å². The van der Waals surface area contributed by atoms with Gasteiger partial charge in [-0.3, -0.25) is 4.79 Å². The maximum atomic E-state index is 15.1. The fourth-order valence-electron chi connectivity index (χ4n) is 4.35. The van der Waals surface area contributed by atoms with E-state index in [1.807, 2.05) is 51.1 Å². The van der Waals surface area contributed by atoms with Gasteiger partial charge in [-0.2, -0.15) is 10.1 Å². The van der Waals surface area contributed by atoms with Gasteiger partial charge in [-0.15, -0.1) is 0 Å². The Balaban J connectivity index is 1.22. The highest BCUT2D eigenvalue weighted by atomic mass is 19.3. The first kappa shape index (κ1) is 29.9. The zero-order valence-electron chi connectivity index (χ0n) is 24.0. The van der Waals surface area contributed by atoms with Gasteiger partial charge < -0.3 is 14.6 Å². The Kier molecular flexibility index (Phi) is 8.58. The Morgan fingerprint density at radius 1 is 1.07 bits per heavy atom. The monoisotopic (exact) mass is 592 g/mol. The molecule has 3 heterocycles. The molecule has 0 fully saturated rings. The Morgan fingerprint density at radius 3 is 2.58 bits per heavy atom. The van der Waals surface area contributed by atoms with E-state index in [1.165, 1.54) is 16.9 Å². The molecule has 5 aromatic rings. The van der Waals surface area contributed by atoms with Crippen molar-refractivity contribution in [2.45, 2.75) is 58.1 Å². The first-order chi connectivity index (χ1) is 20.5. The minimum atomic E-state index is -3.01. The molecule has 12 heteroatoms. The van der Waals surface area contributed by atoms with Crippen molar-refractivity contribution in [1.29, 1.82) is 0 Å². The normalized spacial score (nSPS) is 12.1. The third kappa shape index (κ3) is 7.44. The largest absolute Gasteiger partial charge is 0.371 e. The lowest BCUT2D eigenvalue weighted by atomic mass is 9.97. The average molecular weight is 593 g/mol. The van der Waals surface area contributed by atoms with Crippen LogP contribution in [-0.4, -0.2) is 43.2 Å². The maximum absolute atomic E-state index is 15.1. The van der Waals surface area contributed by atoms with Gasteiger partial charge in [0.1, 0.15) is 18.8 Å². The van der Waals surface area contributed by atoms with E-state index in [4.69, 9.17) is 9.26 Å². The summed E-state index contributed by atoms with van der Waals surface area (Å²) in [7, 11) is 0. The second kappa shape index (κ2) is 12.3. The first-order valence-electron chi connectivity index (χ1n) is 13.7. The number of nitrogens with zero attached hydrogens (tertiary/aromatic N) is 5. The molecular weight excluding hydrogens is 561 g/mol. The molecule has 9 nitrogen and oxygen atoms in total. The van der Waals surface area contributed by atoms with Crippen molar-refractivity contribution in [1.82, 2.24) is 30.1 Å². The van der Waals surface area contributed by atoms with E-state index in [0.29, 0.717) is 28.2 Å². The Bertz CT molecular complexity index is 1710. The van der Waals surface area contributed by atoms with E-state index in [0.717, 1.165) is 5.56 Å². The quantitative estimate of drug-likeness (QED) is 0.203. The second-order valence-electron chi connectivity index (χ2n) is 11.3. The molecule has 0 aliphatic carbocycles. The van der Waals surface area contributed by atoms with Crippen LogP contribution in [0.4, 0.5) is 13.2 Å².